The average molecular weight is 179 g/mol. The summed E-state index contributed by atoms with van der Waals surface area (Å²) in [6, 6.07) is 6.84. The summed E-state index contributed by atoms with van der Waals surface area (Å²) in [6.45, 7) is 2.86. The van der Waals surface area contributed by atoms with Crippen LogP contribution >= 0.6 is 0 Å². The molecule has 70 valence electrons. The van der Waals surface area contributed by atoms with E-state index in [1.165, 1.54) is 0 Å². The highest BCUT2D eigenvalue weighted by molar-refractivity contribution is 5.88. The first-order valence-electron chi connectivity index (χ1n) is 4.12. The van der Waals surface area contributed by atoms with E-state index in [4.69, 9.17) is 5.73 Å². The SMILES string of the molecule is CCNc1cccc(NC(N)=O)c1. The van der Waals surface area contributed by atoms with E-state index in [2.05, 4.69) is 10.6 Å². The number of hydrogen-bond acceptors (Lipinski definition) is 2. The van der Waals surface area contributed by atoms with Gasteiger partial charge in [-0.3, -0.25) is 0 Å². The van der Waals surface area contributed by atoms with E-state index >= 15 is 0 Å². The zero-order chi connectivity index (χ0) is 9.68. The van der Waals surface area contributed by atoms with E-state index in [1.807, 2.05) is 25.1 Å². The van der Waals surface area contributed by atoms with Crippen LogP contribution in [0.1, 0.15) is 6.92 Å². The molecule has 0 heterocycles. The van der Waals surface area contributed by atoms with Crippen molar-refractivity contribution in [1.82, 2.24) is 0 Å². The summed E-state index contributed by atoms with van der Waals surface area (Å²) in [5.74, 6) is 0. The first kappa shape index (κ1) is 9.38. The number of nitrogens with two attached hydrogens (primary N) is 1. The van der Waals surface area contributed by atoms with Gasteiger partial charge in [-0.15, -0.1) is 0 Å². The first-order valence-corrected chi connectivity index (χ1v) is 4.12. The molecule has 2 amide bonds. The van der Waals surface area contributed by atoms with Crippen LogP contribution in [0.4, 0.5) is 16.2 Å². The Balaban J connectivity index is 2.73. The van der Waals surface area contributed by atoms with Gasteiger partial charge < -0.3 is 16.4 Å². The van der Waals surface area contributed by atoms with Gasteiger partial charge in [-0.2, -0.15) is 0 Å². The molecule has 0 aliphatic carbocycles. The maximum absolute atomic E-state index is 10.5. The molecule has 0 radical (unpaired) electrons. The van der Waals surface area contributed by atoms with Crippen LogP contribution in [0.25, 0.3) is 0 Å². The predicted molar refractivity (Wildman–Crippen MR) is 53.8 cm³/mol. The van der Waals surface area contributed by atoms with Gasteiger partial charge in [-0.05, 0) is 25.1 Å². The van der Waals surface area contributed by atoms with Crippen molar-refractivity contribution < 1.29 is 4.79 Å². The molecule has 0 saturated carbocycles. The predicted octanol–water partition coefficient (Wildman–Crippen LogP) is 1.61. The quantitative estimate of drug-likeness (QED) is 0.659. The smallest absolute Gasteiger partial charge is 0.316 e. The minimum absolute atomic E-state index is 0.548. The fourth-order valence-electron chi connectivity index (χ4n) is 1.05. The number of benzene rings is 1. The van der Waals surface area contributed by atoms with Crippen molar-refractivity contribution in [2.45, 2.75) is 6.92 Å². The summed E-state index contributed by atoms with van der Waals surface area (Å²) in [4.78, 5) is 10.5. The van der Waals surface area contributed by atoms with Crippen molar-refractivity contribution in [3.05, 3.63) is 24.3 Å². The molecule has 1 rings (SSSR count). The Kier molecular flexibility index (Phi) is 3.14. The monoisotopic (exact) mass is 179 g/mol. The number of carbonyl (C=O) groups excluding carboxylic acids is 1. The highest BCUT2D eigenvalue weighted by atomic mass is 16.2. The molecule has 4 N–H and O–H groups in total. The first-order chi connectivity index (χ1) is 6.22. The summed E-state index contributed by atoms with van der Waals surface area (Å²) in [7, 11) is 0. The minimum atomic E-state index is -0.548. The number of hydrogen-bond donors (Lipinski definition) is 3. The maximum Gasteiger partial charge on any atom is 0.316 e. The molecule has 0 unspecified atom stereocenters. The second kappa shape index (κ2) is 4.35. The maximum atomic E-state index is 10.5. The molecule has 0 atom stereocenters. The Bertz CT molecular complexity index is 299. The molecule has 0 spiro atoms. The topological polar surface area (TPSA) is 67.2 Å². The Labute approximate surface area is 77.1 Å². The number of nitrogens with one attached hydrogen (secondary N) is 2. The molecule has 0 aliphatic rings. The van der Waals surface area contributed by atoms with Crippen molar-refractivity contribution in [3.8, 4) is 0 Å². The van der Waals surface area contributed by atoms with Crippen LogP contribution in [-0.4, -0.2) is 12.6 Å². The molecule has 1 aromatic carbocycles. The zero-order valence-electron chi connectivity index (χ0n) is 7.50. The third-order valence-corrected chi connectivity index (χ3v) is 1.51. The molecular weight excluding hydrogens is 166 g/mol. The molecule has 0 bridgehead atoms. The van der Waals surface area contributed by atoms with Gasteiger partial charge in [0.05, 0.1) is 0 Å². The van der Waals surface area contributed by atoms with Crippen molar-refractivity contribution in [1.29, 1.82) is 0 Å². The summed E-state index contributed by atoms with van der Waals surface area (Å²) >= 11 is 0. The molecule has 0 aromatic heterocycles. The molecule has 0 fully saturated rings. The number of urea groups is 1. The average Bonchev–Trinajstić information content (AvgIpc) is 2.04. The van der Waals surface area contributed by atoms with Crippen molar-refractivity contribution in [3.63, 3.8) is 0 Å². The van der Waals surface area contributed by atoms with Crippen molar-refractivity contribution >= 4 is 17.4 Å². The van der Waals surface area contributed by atoms with E-state index in [0.29, 0.717) is 5.69 Å². The number of anilines is 2. The molecule has 13 heavy (non-hydrogen) atoms. The minimum Gasteiger partial charge on any atom is -0.385 e. The van der Waals surface area contributed by atoms with Gasteiger partial charge in [0.15, 0.2) is 0 Å². The lowest BCUT2D eigenvalue weighted by molar-refractivity contribution is 0.259. The van der Waals surface area contributed by atoms with E-state index in [-0.39, 0.29) is 0 Å². The second-order valence-electron chi connectivity index (χ2n) is 2.60. The summed E-state index contributed by atoms with van der Waals surface area (Å²) in [5.41, 5.74) is 6.64. The molecular formula is C9H13N3O. The Morgan fingerprint density at radius 2 is 2.15 bits per heavy atom. The fourth-order valence-corrected chi connectivity index (χ4v) is 1.05. The van der Waals surface area contributed by atoms with E-state index < -0.39 is 6.03 Å². The van der Waals surface area contributed by atoms with Gasteiger partial charge in [0.1, 0.15) is 0 Å². The number of carbonyl (C=O) groups is 1. The lowest BCUT2D eigenvalue weighted by atomic mass is 10.3. The van der Waals surface area contributed by atoms with Gasteiger partial charge in [-0.25, -0.2) is 4.79 Å². The normalized spacial score (nSPS) is 9.31. The van der Waals surface area contributed by atoms with Gasteiger partial charge in [-0.1, -0.05) is 6.07 Å². The van der Waals surface area contributed by atoms with Gasteiger partial charge >= 0.3 is 6.03 Å². The zero-order valence-corrected chi connectivity index (χ0v) is 7.50. The van der Waals surface area contributed by atoms with E-state index in [9.17, 15) is 4.79 Å². The number of amides is 2. The Morgan fingerprint density at radius 3 is 2.77 bits per heavy atom. The Morgan fingerprint density at radius 1 is 1.46 bits per heavy atom. The molecule has 0 aliphatic heterocycles. The third-order valence-electron chi connectivity index (χ3n) is 1.51. The van der Waals surface area contributed by atoms with Crippen LogP contribution in [-0.2, 0) is 0 Å². The van der Waals surface area contributed by atoms with Crippen LogP contribution in [0, 0.1) is 0 Å². The van der Waals surface area contributed by atoms with Crippen LogP contribution in [0.15, 0.2) is 24.3 Å². The Hall–Kier alpha value is -1.71. The van der Waals surface area contributed by atoms with Gasteiger partial charge in [0.2, 0.25) is 0 Å². The van der Waals surface area contributed by atoms with Gasteiger partial charge in [0, 0.05) is 17.9 Å². The van der Waals surface area contributed by atoms with Crippen LogP contribution in [0.2, 0.25) is 0 Å². The van der Waals surface area contributed by atoms with E-state index in [0.717, 1.165) is 12.2 Å². The largest absolute Gasteiger partial charge is 0.385 e. The van der Waals surface area contributed by atoms with Crippen LogP contribution < -0.4 is 16.4 Å². The summed E-state index contributed by atoms with van der Waals surface area (Å²) in [6.07, 6.45) is 0. The fraction of sp³-hybridized carbons (Fsp3) is 0.222. The highest BCUT2D eigenvalue weighted by Crippen LogP contribution is 2.14. The lowest BCUT2D eigenvalue weighted by Gasteiger charge is -2.05. The van der Waals surface area contributed by atoms with E-state index in [1.54, 1.807) is 6.07 Å². The number of rotatable bonds is 3. The summed E-state index contributed by atoms with van der Waals surface area (Å²) < 4.78 is 0. The van der Waals surface area contributed by atoms with Crippen LogP contribution in [0.5, 0.6) is 0 Å². The van der Waals surface area contributed by atoms with Crippen molar-refractivity contribution in [2.24, 2.45) is 5.73 Å². The highest BCUT2D eigenvalue weighted by Gasteiger charge is 1.96. The molecule has 1 aromatic rings. The molecule has 4 heteroatoms. The second-order valence-corrected chi connectivity index (χ2v) is 2.60. The van der Waals surface area contributed by atoms with Crippen molar-refractivity contribution in [2.75, 3.05) is 17.2 Å². The third kappa shape index (κ3) is 3.02. The molecule has 4 nitrogen and oxygen atoms in total. The lowest BCUT2D eigenvalue weighted by Crippen LogP contribution is -2.19. The number of primary amides is 1. The van der Waals surface area contributed by atoms with Crippen LogP contribution in [0.3, 0.4) is 0 Å². The molecule has 0 saturated heterocycles. The summed E-state index contributed by atoms with van der Waals surface area (Å²) in [5, 5.41) is 5.63. The standard InChI is InChI=1S/C9H13N3O/c1-2-11-7-4-3-5-8(6-7)12-9(10)13/h3-6,11H,2H2,1H3,(H3,10,12,13). The van der Waals surface area contributed by atoms with Gasteiger partial charge in [0.25, 0.3) is 0 Å².